The molecule has 1 aliphatic carbocycles. The van der Waals surface area contributed by atoms with Crippen LogP contribution in [-0.4, -0.2) is 50.7 Å². The zero-order valence-corrected chi connectivity index (χ0v) is 12.9. The minimum Gasteiger partial charge on any atom is -0.466 e. The molecule has 21 heavy (non-hydrogen) atoms. The lowest BCUT2D eigenvalue weighted by atomic mass is 10.1. The molecule has 2 aliphatic rings. The lowest BCUT2D eigenvalue weighted by molar-refractivity contribution is -0.144. The molecule has 4 heteroatoms. The molecule has 1 aromatic rings. The first-order chi connectivity index (χ1) is 10.2. The van der Waals surface area contributed by atoms with Crippen molar-refractivity contribution in [3.05, 3.63) is 29.8 Å². The molecule has 1 saturated carbocycles. The molecule has 2 unspecified atom stereocenters. The Labute approximate surface area is 126 Å². The molecule has 0 radical (unpaired) electrons. The van der Waals surface area contributed by atoms with Crippen LogP contribution in [0.3, 0.4) is 0 Å². The van der Waals surface area contributed by atoms with Crippen LogP contribution < -0.4 is 4.90 Å². The maximum atomic E-state index is 11.8. The predicted octanol–water partition coefficient (Wildman–Crippen LogP) is 2.10. The van der Waals surface area contributed by atoms with E-state index in [1.54, 1.807) is 0 Å². The van der Waals surface area contributed by atoms with Gasteiger partial charge in [0.15, 0.2) is 0 Å². The Hall–Kier alpha value is -1.55. The molecule has 3 rings (SSSR count). The Morgan fingerprint density at radius 3 is 2.76 bits per heavy atom. The standard InChI is InChI=1S/C17H24N2O2/c1-3-21-17(20)16-12-15(16)13-5-4-6-14(11-13)19-9-7-18(2)8-10-19/h4-6,11,15-16H,3,7-10,12H2,1-2H3. The summed E-state index contributed by atoms with van der Waals surface area (Å²) in [6.07, 6.45) is 0.936. The number of benzene rings is 1. The number of carbonyl (C=O) groups is 1. The molecular weight excluding hydrogens is 264 g/mol. The van der Waals surface area contributed by atoms with Crippen LogP contribution in [-0.2, 0) is 9.53 Å². The molecule has 2 fully saturated rings. The van der Waals surface area contributed by atoms with Crippen molar-refractivity contribution in [1.29, 1.82) is 0 Å². The van der Waals surface area contributed by atoms with E-state index in [0.717, 1.165) is 32.6 Å². The summed E-state index contributed by atoms with van der Waals surface area (Å²) in [5.74, 6) is 0.400. The first-order valence-corrected chi connectivity index (χ1v) is 7.89. The van der Waals surface area contributed by atoms with Gasteiger partial charge in [-0.15, -0.1) is 0 Å². The third-order valence-corrected chi connectivity index (χ3v) is 4.55. The van der Waals surface area contributed by atoms with Gasteiger partial charge in [0.05, 0.1) is 12.5 Å². The second-order valence-corrected chi connectivity index (χ2v) is 6.09. The van der Waals surface area contributed by atoms with E-state index < -0.39 is 0 Å². The largest absolute Gasteiger partial charge is 0.466 e. The Kier molecular flexibility index (Phi) is 4.15. The van der Waals surface area contributed by atoms with Gasteiger partial charge in [-0.3, -0.25) is 4.79 Å². The van der Waals surface area contributed by atoms with Gasteiger partial charge in [-0.05, 0) is 44.0 Å². The normalized spacial score (nSPS) is 25.7. The van der Waals surface area contributed by atoms with Crippen molar-refractivity contribution in [3.63, 3.8) is 0 Å². The molecular formula is C17H24N2O2. The highest BCUT2D eigenvalue weighted by molar-refractivity contribution is 5.77. The van der Waals surface area contributed by atoms with Crippen molar-refractivity contribution in [2.45, 2.75) is 19.3 Å². The average molecular weight is 288 g/mol. The van der Waals surface area contributed by atoms with Gasteiger partial charge in [0.2, 0.25) is 0 Å². The van der Waals surface area contributed by atoms with Gasteiger partial charge in [0.25, 0.3) is 0 Å². The maximum absolute atomic E-state index is 11.8. The summed E-state index contributed by atoms with van der Waals surface area (Å²) in [5.41, 5.74) is 2.57. The zero-order chi connectivity index (χ0) is 14.8. The van der Waals surface area contributed by atoms with E-state index in [1.807, 2.05) is 6.92 Å². The lowest BCUT2D eigenvalue weighted by Crippen LogP contribution is -2.44. The van der Waals surface area contributed by atoms with Crippen molar-refractivity contribution in [1.82, 2.24) is 4.90 Å². The Bertz CT molecular complexity index is 509. The van der Waals surface area contributed by atoms with Crippen LogP contribution in [0.15, 0.2) is 24.3 Å². The third-order valence-electron chi connectivity index (χ3n) is 4.55. The van der Waals surface area contributed by atoms with Gasteiger partial charge in [-0.1, -0.05) is 12.1 Å². The molecule has 0 bridgehead atoms. The van der Waals surface area contributed by atoms with Gasteiger partial charge < -0.3 is 14.5 Å². The van der Waals surface area contributed by atoms with Crippen LogP contribution in [0.2, 0.25) is 0 Å². The van der Waals surface area contributed by atoms with Crippen molar-refractivity contribution in [2.75, 3.05) is 44.7 Å². The number of hydrogen-bond donors (Lipinski definition) is 0. The molecule has 1 aliphatic heterocycles. The fraction of sp³-hybridized carbons (Fsp3) is 0.588. The van der Waals surface area contributed by atoms with E-state index in [1.165, 1.54) is 11.3 Å². The van der Waals surface area contributed by atoms with Gasteiger partial charge in [0.1, 0.15) is 0 Å². The highest BCUT2D eigenvalue weighted by Crippen LogP contribution is 2.48. The van der Waals surface area contributed by atoms with Crippen LogP contribution in [0.1, 0.15) is 24.8 Å². The van der Waals surface area contributed by atoms with Crippen molar-refractivity contribution >= 4 is 11.7 Å². The molecule has 0 aromatic heterocycles. The Balaban J connectivity index is 1.66. The maximum Gasteiger partial charge on any atom is 0.309 e. The quantitative estimate of drug-likeness (QED) is 0.794. The minimum atomic E-state index is -0.0347. The summed E-state index contributed by atoms with van der Waals surface area (Å²) in [4.78, 5) is 16.6. The number of nitrogens with zero attached hydrogens (tertiary/aromatic N) is 2. The van der Waals surface area contributed by atoms with Crippen LogP contribution >= 0.6 is 0 Å². The molecule has 0 N–H and O–H groups in total. The Morgan fingerprint density at radius 2 is 2.05 bits per heavy atom. The summed E-state index contributed by atoms with van der Waals surface area (Å²) in [6, 6.07) is 8.69. The molecule has 1 heterocycles. The van der Waals surface area contributed by atoms with Crippen molar-refractivity contribution < 1.29 is 9.53 Å². The Morgan fingerprint density at radius 1 is 1.29 bits per heavy atom. The average Bonchev–Trinajstić information content (AvgIpc) is 3.29. The first-order valence-electron chi connectivity index (χ1n) is 7.89. The van der Waals surface area contributed by atoms with Crippen LogP contribution in [0.4, 0.5) is 5.69 Å². The van der Waals surface area contributed by atoms with Gasteiger partial charge in [-0.25, -0.2) is 0 Å². The van der Waals surface area contributed by atoms with Crippen LogP contribution in [0, 0.1) is 5.92 Å². The molecule has 1 saturated heterocycles. The first kappa shape index (κ1) is 14.4. The lowest BCUT2D eigenvalue weighted by Gasteiger charge is -2.34. The molecule has 2 atom stereocenters. The van der Waals surface area contributed by atoms with Gasteiger partial charge >= 0.3 is 5.97 Å². The van der Waals surface area contributed by atoms with E-state index in [-0.39, 0.29) is 11.9 Å². The van der Waals surface area contributed by atoms with Crippen molar-refractivity contribution in [2.24, 2.45) is 5.92 Å². The fourth-order valence-corrected chi connectivity index (χ4v) is 3.09. The SMILES string of the molecule is CCOC(=O)C1CC1c1cccc(N2CCN(C)CC2)c1. The monoisotopic (exact) mass is 288 g/mol. The molecule has 0 amide bonds. The number of esters is 1. The highest BCUT2D eigenvalue weighted by Gasteiger charge is 2.45. The second-order valence-electron chi connectivity index (χ2n) is 6.09. The van der Waals surface area contributed by atoms with Crippen molar-refractivity contribution in [3.8, 4) is 0 Å². The number of rotatable bonds is 4. The molecule has 4 nitrogen and oxygen atoms in total. The van der Waals surface area contributed by atoms with Gasteiger partial charge in [0, 0.05) is 31.9 Å². The van der Waals surface area contributed by atoms with E-state index in [9.17, 15) is 4.79 Å². The smallest absolute Gasteiger partial charge is 0.309 e. The van der Waals surface area contributed by atoms with Gasteiger partial charge in [-0.2, -0.15) is 0 Å². The number of anilines is 1. The number of hydrogen-bond acceptors (Lipinski definition) is 4. The highest BCUT2D eigenvalue weighted by atomic mass is 16.5. The molecule has 0 spiro atoms. The molecule has 114 valence electrons. The number of ether oxygens (including phenoxy) is 1. The number of likely N-dealkylation sites (N-methyl/N-ethyl adjacent to an activating group) is 1. The summed E-state index contributed by atoms with van der Waals surface area (Å²) < 4.78 is 5.12. The van der Waals surface area contributed by atoms with E-state index in [0.29, 0.717) is 12.5 Å². The summed E-state index contributed by atoms with van der Waals surface area (Å²) in [6.45, 7) is 6.71. The minimum absolute atomic E-state index is 0.0347. The summed E-state index contributed by atoms with van der Waals surface area (Å²) in [5, 5.41) is 0. The van der Waals surface area contributed by atoms with Crippen LogP contribution in [0.25, 0.3) is 0 Å². The topological polar surface area (TPSA) is 32.8 Å². The number of carbonyl (C=O) groups excluding carboxylic acids is 1. The van der Waals surface area contributed by atoms with E-state index in [4.69, 9.17) is 4.74 Å². The second kappa shape index (κ2) is 6.06. The van der Waals surface area contributed by atoms with E-state index in [2.05, 4.69) is 41.1 Å². The zero-order valence-electron chi connectivity index (χ0n) is 12.9. The summed E-state index contributed by atoms with van der Waals surface area (Å²) in [7, 11) is 2.17. The molecule has 1 aromatic carbocycles. The number of piperazine rings is 1. The summed E-state index contributed by atoms with van der Waals surface area (Å²) >= 11 is 0. The van der Waals surface area contributed by atoms with E-state index >= 15 is 0 Å². The fourth-order valence-electron chi connectivity index (χ4n) is 3.09. The third kappa shape index (κ3) is 3.21. The predicted molar refractivity (Wildman–Crippen MR) is 83.6 cm³/mol. The van der Waals surface area contributed by atoms with Crippen LogP contribution in [0.5, 0.6) is 0 Å².